The van der Waals surface area contributed by atoms with E-state index in [2.05, 4.69) is 10.1 Å². The third kappa shape index (κ3) is 3.23. The molecule has 2 atom stereocenters. The molecule has 0 aliphatic carbocycles. The lowest BCUT2D eigenvalue weighted by molar-refractivity contribution is -0.137. The van der Waals surface area contributed by atoms with Gasteiger partial charge in [0, 0.05) is 32.1 Å². The molecule has 7 heteroatoms. The number of piperidine rings is 1. The van der Waals surface area contributed by atoms with Crippen molar-refractivity contribution in [3.05, 3.63) is 11.7 Å². The molecule has 0 N–H and O–H groups in total. The summed E-state index contributed by atoms with van der Waals surface area (Å²) in [6, 6.07) is 0.149. The minimum absolute atomic E-state index is 0.0828. The molecule has 0 unspecified atom stereocenters. The molecule has 3 rings (SSSR count). The molecule has 23 heavy (non-hydrogen) atoms. The van der Waals surface area contributed by atoms with Gasteiger partial charge in [-0.2, -0.15) is 4.98 Å². The summed E-state index contributed by atoms with van der Waals surface area (Å²) >= 11 is 0. The van der Waals surface area contributed by atoms with E-state index in [1.165, 1.54) is 0 Å². The quantitative estimate of drug-likeness (QED) is 0.839. The molecule has 0 aromatic carbocycles. The van der Waals surface area contributed by atoms with Crippen LogP contribution in [0.1, 0.15) is 50.7 Å². The molecule has 3 heterocycles. The van der Waals surface area contributed by atoms with Crippen LogP contribution in [0.2, 0.25) is 0 Å². The number of hydrogen-bond acceptors (Lipinski definition) is 5. The Morgan fingerprint density at radius 1 is 1.35 bits per heavy atom. The molecule has 0 saturated carbocycles. The number of carbonyl (C=O) groups excluding carboxylic acids is 2. The number of nitrogens with zero attached hydrogens (tertiary/aromatic N) is 4. The van der Waals surface area contributed by atoms with Crippen molar-refractivity contribution >= 4 is 11.8 Å². The zero-order valence-corrected chi connectivity index (χ0v) is 14.0. The van der Waals surface area contributed by atoms with Crippen LogP contribution in [-0.2, 0) is 9.59 Å². The third-order valence-electron chi connectivity index (χ3n) is 4.76. The Hall–Kier alpha value is -1.92. The fourth-order valence-corrected chi connectivity index (χ4v) is 3.51. The number of hydrogen-bond donors (Lipinski definition) is 0. The molecule has 0 radical (unpaired) electrons. The van der Waals surface area contributed by atoms with E-state index >= 15 is 0 Å². The van der Waals surface area contributed by atoms with Crippen LogP contribution >= 0.6 is 0 Å². The zero-order chi connectivity index (χ0) is 16.6. The largest absolute Gasteiger partial charge is 0.342 e. The normalized spacial score (nSPS) is 25.5. The van der Waals surface area contributed by atoms with Crippen molar-refractivity contribution in [2.75, 3.05) is 19.6 Å². The Morgan fingerprint density at radius 3 is 2.74 bits per heavy atom. The summed E-state index contributed by atoms with van der Waals surface area (Å²) in [5, 5.41) is 3.84. The molecule has 1 aromatic rings. The number of aromatic nitrogens is 2. The summed E-state index contributed by atoms with van der Waals surface area (Å²) in [7, 11) is 0. The summed E-state index contributed by atoms with van der Waals surface area (Å²) in [4.78, 5) is 32.8. The standard InChI is InChI=1S/C16H24N4O3/c1-10(2)20-9-13(7-14(20)21)16(22)19-6-4-5-12(8-19)15-17-11(3)18-23-15/h10,12-13H,4-9H2,1-3H3/t12-,13-/m0/s1. The SMILES string of the molecule is Cc1noc([C@H]2CCCN(C(=O)[C@H]3CC(=O)N(C(C)C)C3)C2)n1. The maximum atomic E-state index is 12.8. The summed E-state index contributed by atoms with van der Waals surface area (Å²) in [6.45, 7) is 7.65. The Kier molecular flexibility index (Phi) is 4.37. The highest BCUT2D eigenvalue weighted by Gasteiger charge is 2.39. The minimum atomic E-state index is -0.215. The minimum Gasteiger partial charge on any atom is -0.342 e. The predicted octanol–water partition coefficient (Wildman–Crippen LogP) is 1.34. The van der Waals surface area contributed by atoms with Crippen LogP contribution in [0.25, 0.3) is 0 Å². The van der Waals surface area contributed by atoms with Gasteiger partial charge in [-0.1, -0.05) is 5.16 Å². The molecular formula is C16H24N4O3. The average molecular weight is 320 g/mol. The van der Waals surface area contributed by atoms with E-state index in [0.717, 1.165) is 19.4 Å². The van der Waals surface area contributed by atoms with E-state index in [-0.39, 0.29) is 29.7 Å². The van der Waals surface area contributed by atoms with Crippen LogP contribution < -0.4 is 0 Å². The van der Waals surface area contributed by atoms with Gasteiger partial charge in [0.15, 0.2) is 5.82 Å². The molecule has 2 fully saturated rings. The summed E-state index contributed by atoms with van der Waals surface area (Å²) in [6.07, 6.45) is 2.21. The molecule has 0 bridgehead atoms. The fourth-order valence-electron chi connectivity index (χ4n) is 3.51. The zero-order valence-electron chi connectivity index (χ0n) is 14.0. The maximum absolute atomic E-state index is 12.8. The number of likely N-dealkylation sites (tertiary alicyclic amines) is 2. The highest BCUT2D eigenvalue weighted by Crippen LogP contribution is 2.29. The highest BCUT2D eigenvalue weighted by atomic mass is 16.5. The molecule has 1 aromatic heterocycles. The van der Waals surface area contributed by atoms with Crippen LogP contribution in [-0.4, -0.2) is 57.4 Å². The maximum Gasteiger partial charge on any atom is 0.231 e. The van der Waals surface area contributed by atoms with Crippen LogP contribution in [0.15, 0.2) is 4.52 Å². The van der Waals surface area contributed by atoms with Gasteiger partial charge >= 0.3 is 0 Å². The van der Waals surface area contributed by atoms with E-state index < -0.39 is 0 Å². The molecule has 2 saturated heterocycles. The molecule has 2 amide bonds. The lowest BCUT2D eigenvalue weighted by Gasteiger charge is -2.32. The third-order valence-corrected chi connectivity index (χ3v) is 4.76. The van der Waals surface area contributed by atoms with Gasteiger partial charge in [-0.3, -0.25) is 9.59 Å². The Labute approximate surface area is 136 Å². The molecule has 0 spiro atoms. The smallest absolute Gasteiger partial charge is 0.231 e. The van der Waals surface area contributed by atoms with E-state index in [9.17, 15) is 9.59 Å². The lowest BCUT2D eigenvalue weighted by Crippen LogP contribution is -2.43. The monoisotopic (exact) mass is 320 g/mol. The summed E-state index contributed by atoms with van der Waals surface area (Å²) < 4.78 is 5.26. The van der Waals surface area contributed by atoms with Crippen molar-refractivity contribution in [2.24, 2.45) is 5.92 Å². The Balaban J connectivity index is 1.65. The number of carbonyl (C=O) groups is 2. The first-order chi connectivity index (χ1) is 11.0. The number of amides is 2. The molecule has 2 aliphatic rings. The molecule has 2 aliphatic heterocycles. The van der Waals surface area contributed by atoms with Crippen molar-refractivity contribution in [3.8, 4) is 0 Å². The van der Waals surface area contributed by atoms with E-state index in [1.807, 2.05) is 18.7 Å². The van der Waals surface area contributed by atoms with Crippen molar-refractivity contribution in [1.29, 1.82) is 0 Å². The first-order valence-electron chi connectivity index (χ1n) is 8.34. The first-order valence-corrected chi connectivity index (χ1v) is 8.34. The van der Waals surface area contributed by atoms with Gasteiger partial charge in [-0.25, -0.2) is 0 Å². The van der Waals surface area contributed by atoms with Gasteiger partial charge in [0.2, 0.25) is 17.7 Å². The van der Waals surface area contributed by atoms with Gasteiger partial charge in [0.1, 0.15) is 0 Å². The molecule has 7 nitrogen and oxygen atoms in total. The van der Waals surface area contributed by atoms with Crippen molar-refractivity contribution in [3.63, 3.8) is 0 Å². The average Bonchev–Trinajstić information content (AvgIpc) is 3.13. The van der Waals surface area contributed by atoms with E-state index in [1.54, 1.807) is 11.8 Å². The fraction of sp³-hybridized carbons (Fsp3) is 0.750. The Bertz CT molecular complexity index is 598. The van der Waals surface area contributed by atoms with Crippen LogP contribution in [0, 0.1) is 12.8 Å². The second-order valence-corrected chi connectivity index (χ2v) is 6.84. The topological polar surface area (TPSA) is 79.5 Å². The van der Waals surface area contributed by atoms with Gasteiger partial charge in [0.25, 0.3) is 0 Å². The van der Waals surface area contributed by atoms with Gasteiger partial charge in [-0.15, -0.1) is 0 Å². The van der Waals surface area contributed by atoms with Crippen molar-refractivity contribution in [1.82, 2.24) is 19.9 Å². The summed E-state index contributed by atoms with van der Waals surface area (Å²) in [5.74, 6) is 1.30. The van der Waals surface area contributed by atoms with Gasteiger partial charge < -0.3 is 14.3 Å². The summed E-state index contributed by atoms with van der Waals surface area (Å²) in [5.41, 5.74) is 0. The predicted molar refractivity (Wildman–Crippen MR) is 82.5 cm³/mol. The second-order valence-electron chi connectivity index (χ2n) is 6.84. The Morgan fingerprint density at radius 2 is 2.13 bits per heavy atom. The number of aryl methyl sites for hydroxylation is 1. The second kappa shape index (κ2) is 6.29. The van der Waals surface area contributed by atoms with Crippen molar-refractivity contribution in [2.45, 2.75) is 52.0 Å². The lowest BCUT2D eigenvalue weighted by atomic mass is 9.96. The van der Waals surface area contributed by atoms with Crippen molar-refractivity contribution < 1.29 is 14.1 Å². The van der Waals surface area contributed by atoms with Crippen LogP contribution in [0.4, 0.5) is 0 Å². The first kappa shape index (κ1) is 16.0. The molecule has 126 valence electrons. The van der Waals surface area contributed by atoms with Gasteiger partial charge in [-0.05, 0) is 33.6 Å². The number of rotatable bonds is 3. The van der Waals surface area contributed by atoms with Crippen LogP contribution in [0.3, 0.4) is 0 Å². The van der Waals surface area contributed by atoms with Crippen LogP contribution in [0.5, 0.6) is 0 Å². The highest BCUT2D eigenvalue weighted by molar-refractivity contribution is 5.89. The van der Waals surface area contributed by atoms with E-state index in [0.29, 0.717) is 31.2 Å². The molecular weight excluding hydrogens is 296 g/mol. The van der Waals surface area contributed by atoms with E-state index in [4.69, 9.17) is 4.52 Å². The van der Waals surface area contributed by atoms with Gasteiger partial charge in [0.05, 0.1) is 11.8 Å².